The van der Waals surface area contributed by atoms with Gasteiger partial charge in [0, 0.05) is 27.5 Å². The van der Waals surface area contributed by atoms with Crippen molar-refractivity contribution in [2.24, 2.45) is 0 Å². The van der Waals surface area contributed by atoms with Crippen LogP contribution in [0.5, 0.6) is 0 Å². The molecule has 0 aliphatic carbocycles. The van der Waals surface area contributed by atoms with Crippen molar-refractivity contribution < 1.29 is 25.5 Å². The molecule has 0 aromatic carbocycles. The fourth-order valence-electron chi connectivity index (χ4n) is 0. The molecule has 0 fully saturated rings. The Morgan fingerprint density at radius 1 is 1.20 bits per heavy atom. The molecule has 0 aromatic rings. The van der Waals surface area contributed by atoms with Gasteiger partial charge in [-0.15, -0.1) is 0 Å². The van der Waals surface area contributed by atoms with Crippen LogP contribution >= 0.6 is 0 Å². The predicted octanol–water partition coefficient (Wildman–Crippen LogP) is 0.404. The fourth-order valence-corrected chi connectivity index (χ4v) is 0. The van der Waals surface area contributed by atoms with Gasteiger partial charge in [0.05, 0.1) is 0 Å². The van der Waals surface area contributed by atoms with Crippen LogP contribution in [0.3, 0.4) is 0 Å². The summed E-state index contributed by atoms with van der Waals surface area (Å²) in [6.07, 6.45) is 0. The number of hydrogen-bond acceptors (Lipinski definition) is 2. The van der Waals surface area contributed by atoms with Gasteiger partial charge in [0.25, 0.3) is 0 Å². The first-order chi connectivity index (χ1) is 1.00. The molecule has 3 heteroatoms. The van der Waals surface area contributed by atoms with Gasteiger partial charge in [-0.05, 0) is 0 Å². The molecule has 5 heavy (non-hydrogen) atoms. The molecule has 0 amide bonds. The Bertz CT molecular complexity index is 9.61. The topological polar surface area (TPSA) is 55.2 Å². The maximum absolute atomic E-state index is 7.00. The van der Waals surface area contributed by atoms with Gasteiger partial charge in [0.1, 0.15) is 0 Å². The predicted molar refractivity (Wildman–Crippen MR) is 19.9 cm³/mol. The molecule has 0 saturated carbocycles. The minimum atomic E-state index is 0. The molecule has 0 aromatic heterocycles. The average molecular weight is 172 g/mol. The minimum absolute atomic E-state index is 0. The smallest absolute Gasteiger partial charge is 0.0319 e. The Kier molecular flexibility index (Phi) is 1620. The maximum atomic E-state index is 7.00. The van der Waals surface area contributed by atoms with E-state index in [0.717, 1.165) is 7.11 Å². The normalized spacial score (nSPS) is 1.20. The minimum Gasteiger partial charge on any atom is -0.400 e. The van der Waals surface area contributed by atoms with Gasteiger partial charge in [-0.1, -0.05) is 7.43 Å². The van der Waals surface area contributed by atoms with Crippen LogP contribution in [0.4, 0.5) is 0 Å². The van der Waals surface area contributed by atoms with E-state index < -0.39 is 0 Å². The van der Waals surface area contributed by atoms with Crippen molar-refractivity contribution in [3.63, 3.8) is 0 Å². The molecular formula is C2H11NOPd. The molecule has 0 aliphatic heterocycles. The quantitative estimate of drug-likeness (QED) is 0.519. The standard InChI is InChI=1S/CH4O.CH4.H3N.Pd/c1-2;;;/h2H,1H3;1H4;1H3;. The molecule has 0 bridgehead atoms. The number of hydrogen-bond donors (Lipinski definition) is 2. The zero-order chi connectivity index (χ0) is 2.00. The third-order valence-electron chi connectivity index (χ3n) is 0. The summed E-state index contributed by atoms with van der Waals surface area (Å²) in [7, 11) is 1.00. The van der Waals surface area contributed by atoms with Crippen LogP contribution in [0.25, 0.3) is 0 Å². The summed E-state index contributed by atoms with van der Waals surface area (Å²) in [5, 5.41) is 7.00. The van der Waals surface area contributed by atoms with Crippen molar-refractivity contribution in [1.29, 1.82) is 0 Å². The molecule has 0 heterocycles. The molecule has 2 nitrogen and oxygen atoms in total. The first-order valence-corrected chi connectivity index (χ1v) is 0.447. The third kappa shape index (κ3) is 90.1. The van der Waals surface area contributed by atoms with E-state index in [-0.39, 0.29) is 34.0 Å². The fraction of sp³-hybridized carbons (Fsp3) is 1.00. The zero-order valence-corrected chi connectivity index (χ0v) is 4.03. The Balaban J connectivity index is -0.00000000167. The Morgan fingerprint density at radius 2 is 1.20 bits per heavy atom. The van der Waals surface area contributed by atoms with E-state index in [2.05, 4.69) is 0 Å². The molecule has 0 aliphatic rings. The second kappa shape index (κ2) is 173. The van der Waals surface area contributed by atoms with Gasteiger partial charge in [-0.3, -0.25) is 0 Å². The molecule has 0 saturated heterocycles. The number of rotatable bonds is 0. The van der Waals surface area contributed by atoms with E-state index in [1.807, 2.05) is 0 Å². The van der Waals surface area contributed by atoms with Gasteiger partial charge < -0.3 is 11.3 Å². The second-order valence-electron chi connectivity index (χ2n) is 0. The average Bonchev–Trinajstić information content (AvgIpc) is 1.00. The molecule has 40 valence electrons. The summed E-state index contributed by atoms with van der Waals surface area (Å²) in [6, 6.07) is 0. The van der Waals surface area contributed by atoms with Crippen LogP contribution in [-0.2, 0) is 20.4 Å². The SMILES string of the molecule is C.CO.N.[Pd]. The molecule has 0 spiro atoms. The van der Waals surface area contributed by atoms with Crippen LogP contribution in [0.15, 0.2) is 0 Å². The molecular weight excluding hydrogens is 160 g/mol. The van der Waals surface area contributed by atoms with Crippen molar-refractivity contribution in [1.82, 2.24) is 6.15 Å². The summed E-state index contributed by atoms with van der Waals surface area (Å²) in [6.45, 7) is 0. The van der Waals surface area contributed by atoms with Gasteiger partial charge in [0.15, 0.2) is 0 Å². The van der Waals surface area contributed by atoms with Crippen molar-refractivity contribution in [2.75, 3.05) is 7.11 Å². The first kappa shape index (κ1) is 46.8. The summed E-state index contributed by atoms with van der Waals surface area (Å²) in [5.41, 5.74) is 0. The zero-order valence-electron chi connectivity index (χ0n) is 2.47. The monoisotopic (exact) mass is 171 g/mol. The van der Waals surface area contributed by atoms with Gasteiger partial charge in [-0.25, -0.2) is 0 Å². The summed E-state index contributed by atoms with van der Waals surface area (Å²) < 4.78 is 0. The summed E-state index contributed by atoms with van der Waals surface area (Å²) >= 11 is 0. The first-order valence-electron chi connectivity index (χ1n) is 0.447. The molecule has 4 N–H and O–H groups in total. The van der Waals surface area contributed by atoms with Crippen LogP contribution < -0.4 is 6.15 Å². The molecule has 0 atom stereocenters. The summed E-state index contributed by atoms with van der Waals surface area (Å²) in [4.78, 5) is 0. The van der Waals surface area contributed by atoms with Crippen molar-refractivity contribution >= 4 is 0 Å². The van der Waals surface area contributed by atoms with E-state index in [4.69, 9.17) is 5.11 Å². The van der Waals surface area contributed by atoms with Gasteiger partial charge in [-0.2, -0.15) is 0 Å². The van der Waals surface area contributed by atoms with Crippen LogP contribution in [0.2, 0.25) is 0 Å². The van der Waals surface area contributed by atoms with Crippen LogP contribution in [0.1, 0.15) is 7.43 Å². The molecule has 0 unspecified atom stereocenters. The van der Waals surface area contributed by atoms with E-state index in [1.165, 1.54) is 0 Å². The van der Waals surface area contributed by atoms with E-state index in [9.17, 15) is 0 Å². The van der Waals surface area contributed by atoms with Crippen LogP contribution in [0, 0.1) is 0 Å². The Morgan fingerprint density at radius 3 is 1.20 bits per heavy atom. The van der Waals surface area contributed by atoms with Crippen molar-refractivity contribution in [3.8, 4) is 0 Å². The maximum Gasteiger partial charge on any atom is 0.0319 e. The van der Waals surface area contributed by atoms with E-state index >= 15 is 0 Å². The number of aliphatic hydroxyl groups is 1. The van der Waals surface area contributed by atoms with Gasteiger partial charge in [0.2, 0.25) is 0 Å². The van der Waals surface area contributed by atoms with E-state index in [0.29, 0.717) is 0 Å². The Hall–Kier alpha value is 0.582. The third-order valence-corrected chi connectivity index (χ3v) is 0. The van der Waals surface area contributed by atoms with Crippen molar-refractivity contribution in [3.05, 3.63) is 0 Å². The van der Waals surface area contributed by atoms with Crippen molar-refractivity contribution in [2.45, 2.75) is 7.43 Å². The largest absolute Gasteiger partial charge is 0.400 e. The molecule has 0 rings (SSSR count). The summed E-state index contributed by atoms with van der Waals surface area (Å²) in [5.74, 6) is 0. The van der Waals surface area contributed by atoms with Gasteiger partial charge >= 0.3 is 0 Å². The van der Waals surface area contributed by atoms with Crippen LogP contribution in [-0.4, -0.2) is 12.2 Å². The van der Waals surface area contributed by atoms with E-state index in [1.54, 1.807) is 0 Å². The second-order valence-corrected chi connectivity index (χ2v) is 0. The Labute approximate surface area is 46.8 Å². The number of aliphatic hydroxyl groups excluding tert-OH is 1. The molecule has 0 radical (unpaired) electrons.